The Morgan fingerprint density at radius 2 is 2.23 bits per heavy atom. The number of halogens is 1. The van der Waals surface area contributed by atoms with Crippen LogP contribution in [0.3, 0.4) is 0 Å². The van der Waals surface area contributed by atoms with Crippen molar-refractivity contribution in [1.82, 2.24) is 0 Å². The molecule has 0 spiro atoms. The van der Waals surface area contributed by atoms with E-state index in [9.17, 15) is 4.79 Å². The summed E-state index contributed by atoms with van der Waals surface area (Å²) in [6.45, 7) is 0. The Morgan fingerprint density at radius 3 is 2.69 bits per heavy atom. The first-order chi connectivity index (χ1) is 6.22. The minimum Gasteiger partial charge on any atom is -0.496 e. The van der Waals surface area contributed by atoms with Crippen LogP contribution >= 0.6 is 27.7 Å². The summed E-state index contributed by atoms with van der Waals surface area (Å²) in [4.78, 5) is 11.6. The highest BCUT2D eigenvalue weighted by Gasteiger charge is 2.07. The van der Waals surface area contributed by atoms with E-state index in [1.807, 2.05) is 12.3 Å². The van der Waals surface area contributed by atoms with Crippen LogP contribution in [0.1, 0.15) is 10.4 Å². The average molecular weight is 261 g/mol. The molecule has 0 unspecified atom stereocenters. The maximum atomic E-state index is 10.6. The van der Waals surface area contributed by atoms with E-state index >= 15 is 0 Å². The fourth-order valence-corrected chi connectivity index (χ4v) is 2.13. The van der Waals surface area contributed by atoms with E-state index in [2.05, 4.69) is 15.9 Å². The number of carbonyl (C=O) groups excluding carboxylic acids is 1. The number of carbonyl (C=O) groups is 1. The first-order valence-corrected chi connectivity index (χ1v) is 5.61. The Labute approximate surface area is 89.8 Å². The highest BCUT2D eigenvalue weighted by Crippen LogP contribution is 2.32. The van der Waals surface area contributed by atoms with Crippen LogP contribution in [0.25, 0.3) is 0 Å². The molecule has 0 amide bonds. The molecule has 0 bridgehead atoms. The molecule has 1 rings (SSSR count). The van der Waals surface area contributed by atoms with Gasteiger partial charge in [-0.2, -0.15) is 0 Å². The van der Waals surface area contributed by atoms with E-state index in [0.717, 1.165) is 21.4 Å². The molecule has 0 radical (unpaired) electrons. The van der Waals surface area contributed by atoms with Crippen molar-refractivity contribution in [2.75, 3.05) is 13.4 Å². The predicted molar refractivity (Wildman–Crippen MR) is 57.9 cm³/mol. The van der Waals surface area contributed by atoms with Gasteiger partial charge in [-0.25, -0.2) is 0 Å². The SMILES string of the molecule is COc1cc(C=O)c(Br)cc1SC. The van der Waals surface area contributed by atoms with Crippen LogP contribution in [-0.2, 0) is 0 Å². The van der Waals surface area contributed by atoms with E-state index in [4.69, 9.17) is 4.74 Å². The summed E-state index contributed by atoms with van der Waals surface area (Å²) < 4.78 is 5.93. The topological polar surface area (TPSA) is 26.3 Å². The lowest BCUT2D eigenvalue weighted by Crippen LogP contribution is -1.90. The Balaban J connectivity index is 3.26. The lowest BCUT2D eigenvalue weighted by atomic mass is 10.2. The zero-order valence-corrected chi connectivity index (χ0v) is 9.74. The zero-order valence-electron chi connectivity index (χ0n) is 7.33. The number of hydrogen-bond acceptors (Lipinski definition) is 3. The van der Waals surface area contributed by atoms with Crippen LogP contribution in [0.2, 0.25) is 0 Å². The largest absolute Gasteiger partial charge is 0.496 e. The summed E-state index contributed by atoms with van der Waals surface area (Å²) in [5.74, 6) is 0.734. The lowest BCUT2D eigenvalue weighted by Gasteiger charge is -2.07. The first kappa shape index (κ1) is 10.6. The number of thioether (sulfide) groups is 1. The minimum atomic E-state index is 0.606. The second kappa shape index (κ2) is 4.67. The van der Waals surface area contributed by atoms with E-state index < -0.39 is 0 Å². The second-order valence-corrected chi connectivity index (χ2v) is 4.05. The predicted octanol–water partition coefficient (Wildman–Crippen LogP) is 2.99. The zero-order chi connectivity index (χ0) is 9.84. The van der Waals surface area contributed by atoms with Gasteiger partial charge in [0, 0.05) is 10.0 Å². The summed E-state index contributed by atoms with van der Waals surface area (Å²) >= 11 is 4.89. The van der Waals surface area contributed by atoms with Crippen molar-refractivity contribution in [2.24, 2.45) is 0 Å². The van der Waals surface area contributed by atoms with E-state index in [0.29, 0.717) is 5.56 Å². The van der Waals surface area contributed by atoms with Crippen LogP contribution in [0, 0.1) is 0 Å². The molecule has 1 aromatic carbocycles. The second-order valence-electron chi connectivity index (χ2n) is 2.35. The van der Waals surface area contributed by atoms with Crippen molar-refractivity contribution in [3.8, 4) is 5.75 Å². The number of hydrogen-bond donors (Lipinski definition) is 0. The molecule has 0 aliphatic carbocycles. The summed E-state index contributed by atoms with van der Waals surface area (Å²) in [5.41, 5.74) is 0.606. The Bertz CT molecular complexity index is 326. The first-order valence-electron chi connectivity index (χ1n) is 3.59. The number of methoxy groups -OCH3 is 1. The summed E-state index contributed by atoms with van der Waals surface area (Å²) in [6.07, 6.45) is 2.77. The van der Waals surface area contributed by atoms with E-state index in [-0.39, 0.29) is 0 Å². The molecule has 0 saturated carbocycles. The molecule has 70 valence electrons. The van der Waals surface area contributed by atoms with Gasteiger partial charge in [-0.3, -0.25) is 4.79 Å². The molecule has 13 heavy (non-hydrogen) atoms. The van der Waals surface area contributed by atoms with Gasteiger partial charge in [0.05, 0.1) is 12.0 Å². The summed E-state index contributed by atoms with van der Waals surface area (Å²) in [6, 6.07) is 3.61. The van der Waals surface area contributed by atoms with Crippen LogP contribution in [-0.4, -0.2) is 19.7 Å². The smallest absolute Gasteiger partial charge is 0.151 e. The van der Waals surface area contributed by atoms with Gasteiger partial charge < -0.3 is 4.74 Å². The van der Waals surface area contributed by atoms with Gasteiger partial charge >= 0.3 is 0 Å². The molecule has 0 aliphatic heterocycles. The van der Waals surface area contributed by atoms with Gasteiger partial charge in [0.1, 0.15) is 5.75 Å². The molecule has 4 heteroatoms. The molecule has 0 saturated heterocycles. The monoisotopic (exact) mass is 260 g/mol. The van der Waals surface area contributed by atoms with Gasteiger partial charge in [-0.1, -0.05) is 15.9 Å². The Kier molecular flexibility index (Phi) is 3.81. The van der Waals surface area contributed by atoms with Crippen LogP contribution in [0.5, 0.6) is 5.75 Å². The fourth-order valence-electron chi connectivity index (χ4n) is 0.960. The summed E-state index contributed by atoms with van der Waals surface area (Å²) in [7, 11) is 1.59. The molecular formula is C9H9BrO2S. The third kappa shape index (κ3) is 2.25. The normalized spacial score (nSPS) is 9.77. The Morgan fingerprint density at radius 1 is 1.54 bits per heavy atom. The molecule has 2 nitrogen and oxygen atoms in total. The number of rotatable bonds is 3. The van der Waals surface area contributed by atoms with Gasteiger partial charge in [0.2, 0.25) is 0 Å². The van der Waals surface area contributed by atoms with Crippen molar-refractivity contribution in [3.63, 3.8) is 0 Å². The van der Waals surface area contributed by atoms with Gasteiger partial charge in [0.25, 0.3) is 0 Å². The standard InChI is InChI=1S/C9H9BrO2S/c1-12-8-3-6(5-11)7(10)4-9(8)13-2/h3-5H,1-2H3. The molecule has 0 atom stereocenters. The van der Waals surface area contributed by atoms with Crippen LogP contribution in [0.15, 0.2) is 21.5 Å². The van der Waals surface area contributed by atoms with Gasteiger partial charge in [-0.05, 0) is 18.4 Å². The van der Waals surface area contributed by atoms with Gasteiger partial charge in [0.15, 0.2) is 6.29 Å². The molecule has 0 heterocycles. The summed E-state index contributed by atoms with van der Waals surface area (Å²) in [5, 5.41) is 0. The van der Waals surface area contributed by atoms with Crippen LogP contribution < -0.4 is 4.74 Å². The third-order valence-electron chi connectivity index (χ3n) is 1.63. The van der Waals surface area contributed by atoms with Crippen molar-refractivity contribution >= 4 is 34.0 Å². The highest BCUT2D eigenvalue weighted by atomic mass is 79.9. The molecule has 1 aromatic rings. The van der Waals surface area contributed by atoms with Crippen molar-refractivity contribution in [3.05, 3.63) is 22.2 Å². The maximum absolute atomic E-state index is 10.6. The number of ether oxygens (including phenoxy) is 1. The fraction of sp³-hybridized carbons (Fsp3) is 0.222. The third-order valence-corrected chi connectivity index (χ3v) is 3.08. The minimum absolute atomic E-state index is 0.606. The average Bonchev–Trinajstić information content (AvgIpc) is 2.17. The highest BCUT2D eigenvalue weighted by molar-refractivity contribution is 9.10. The quantitative estimate of drug-likeness (QED) is 0.618. The molecular weight excluding hydrogens is 252 g/mol. The van der Waals surface area contributed by atoms with Crippen molar-refractivity contribution < 1.29 is 9.53 Å². The van der Waals surface area contributed by atoms with E-state index in [1.165, 1.54) is 0 Å². The van der Waals surface area contributed by atoms with Gasteiger partial charge in [-0.15, -0.1) is 11.8 Å². The number of benzene rings is 1. The van der Waals surface area contributed by atoms with Crippen molar-refractivity contribution in [1.29, 1.82) is 0 Å². The van der Waals surface area contributed by atoms with Crippen molar-refractivity contribution in [2.45, 2.75) is 4.90 Å². The lowest BCUT2D eigenvalue weighted by molar-refractivity contribution is 0.112. The Hall–Kier alpha value is -0.480. The molecule has 0 aromatic heterocycles. The van der Waals surface area contributed by atoms with Crippen LogP contribution in [0.4, 0.5) is 0 Å². The molecule has 0 N–H and O–H groups in total. The molecule has 0 aliphatic rings. The number of aldehydes is 1. The van der Waals surface area contributed by atoms with E-state index in [1.54, 1.807) is 24.9 Å². The maximum Gasteiger partial charge on any atom is 0.151 e. The molecule has 0 fully saturated rings.